The maximum absolute atomic E-state index is 4.88. The number of pyridine rings is 1. The smallest absolute Gasteiger partial charge is 0.160 e. The number of likely N-dealkylation sites (N-methyl/N-ethyl adjacent to an activating group) is 1. The Bertz CT molecular complexity index is 1110. The zero-order valence-corrected chi connectivity index (χ0v) is 21.2. The Kier molecular flexibility index (Phi) is 7.30. The van der Waals surface area contributed by atoms with Crippen LogP contribution in [-0.2, 0) is 13.0 Å². The van der Waals surface area contributed by atoms with Gasteiger partial charge in [-0.3, -0.25) is 4.90 Å². The summed E-state index contributed by atoms with van der Waals surface area (Å²) in [6, 6.07) is 11.7. The van der Waals surface area contributed by atoms with Crippen LogP contribution in [0, 0.1) is 19.8 Å². The molecule has 0 radical (unpaired) electrons. The van der Waals surface area contributed by atoms with Crippen molar-refractivity contribution >= 4 is 17.2 Å². The lowest BCUT2D eigenvalue weighted by Crippen LogP contribution is -2.53. The van der Waals surface area contributed by atoms with Gasteiger partial charge in [0.25, 0.3) is 0 Å². The Balaban J connectivity index is 1.45. The number of rotatable bonds is 7. The highest BCUT2D eigenvalue weighted by molar-refractivity contribution is 5.76. The maximum atomic E-state index is 4.88. The molecule has 3 heterocycles. The number of imidazole rings is 1. The lowest BCUT2D eigenvalue weighted by atomic mass is 10.00. The van der Waals surface area contributed by atoms with Crippen molar-refractivity contribution in [3.05, 3.63) is 64.6 Å². The summed E-state index contributed by atoms with van der Waals surface area (Å²) in [5.74, 6) is 1.77. The molecule has 33 heavy (non-hydrogen) atoms. The second-order valence-electron chi connectivity index (χ2n) is 9.93. The Morgan fingerprint density at radius 1 is 1.09 bits per heavy atom. The first-order valence-corrected chi connectivity index (χ1v) is 12.4. The first-order valence-electron chi connectivity index (χ1n) is 12.4. The van der Waals surface area contributed by atoms with Crippen LogP contribution in [0.2, 0.25) is 0 Å². The summed E-state index contributed by atoms with van der Waals surface area (Å²) in [5, 5.41) is 0. The van der Waals surface area contributed by atoms with Crippen LogP contribution in [0.3, 0.4) is 0 Å². The fourth-order valence-electron chi connectivity index (χ4n) is 4.98. The van der Waals surface area contributed by atoms with E-state index in [-0.39, 0.29) is 0 Å². The molecule has 0 bridgehead atoms. The van der Waals surface area contributed by atoms with E-state index in [4.69, 9.17) is 9.97 Å². The normalized spacial score (nSPS) is 18.2. The number of hydrogen-bond donors (Lipinski definition) is 0. The van der Waals surface area contributed by atoms with Crippen molar-refractivity contribution in [2.75, 3.05) is 33.2 Å². The molecule has 176 valence electrons. The number of benzene rings is 1. The maximum Gasteiger partial charge on any atom is 0.160 e. The molecule has 5 heteroatoms. The molecule has 1 aliphatic rings. The van der Waals surface area contributed by atoms with Gasteiger partial charge in [-0.25, -0.2) is 9.97 Å². The van der Waals surface area contributed by atoms with E-state index in [0.717, 1.165) is 61.8 Å². The summed E-state index contributed by atoms with van der Waals surface area (Å²) in [5.41, 5.74) is 6.81. The molecule has 1 aromatic carbocycles. The van der Waals surface area contributed by atoms with Gasteiger partial charge in [-0.05, 0) is 49.6 Å². The van der Waals surface area contributed by atoms with Gasteiger partial charge >= 0.3 is 0 Å². The first-order chi connectivity index (χ1) is 15.9. The standard InChI is InChI=1S/C28H39N5/c1-7-26-30-27-21(4)17-22(5)29-28(27)33(26)18-24-12-10-23(11-13-24)9-8-14-32-16-15-31(6)19-25(32)20(2)3/h8-13,17,20,25H,7,14-16,18-19H2,1-6H3. The molecule has 1 saturated heterocycles. The van der Waals surface area contributed by atoms with Crippen LogP contribution in [0.25, 0.3) is 17.2 Å². The number of fused-ring (bicyclic) bond motifs is 1. The molecule has 0 aliphatic carbocycles. The molecule has 1 atom stereocenters. The average Bonchev–Trinajstić information content (AvgIpc) is 3.13. The number of aromatic nitrogens is 3. The van der Waals surface area contributed by atoms with Crippen LogP contribution in [0.15, 0.2) is 36.4 Å². The summed E-state index contributed by atoms with van der Waals surface area (Å²) in [6.45, 7) is 16.3. The summed E-state index contributed by atoms with van der Waals surface area (Å²) < 4.78 is 2.28. The van der Waals surface area contributed by atoms with E-state index in [9.17, 15) is 0 Å². The molecule has 2 aromatic heterocycles. The lowest BCUT2D eigenvalue weighted by Gasteiger charge is -2.41. The Labute approximate surface area is 199 Å². The van der Waals surface area contributed by atoms with Gasteiger partial charge in [0.2, 0.25) is 0 Å². The molecule has 0 N–H and O–H groups in total. The van der Waals surface area contributed by atoms with Crippen molar-refractivity contribution in [3.8, 4) is 0 Å². The van der Waals surface area contributed by atoms with Gasteiger partial charge < -0.3 is 9.47 Å². The third kappa shape index (κ3) is 5.36. The van der Waals surface area contributed by atoms with Crippen LogP contribution < -0.4 is 0 Å². The van der Waals surface area contributed by atoms with Gasteiger partial charge in [0, 0.05) is 44.3 Å². The van der Waals surface area contributed by atoms with Gasteiger partial charge in [0.15, 0.2) is 5.65 Å². The molecule has 5 nitrogen and oxygen atoms in total. The molecule has 1 aliphatic heterocycles. The highest BCUT2D eigenvalue weighted by Crippen LogP contribution is 2.21. The van der Waals surface area contributed by atoms with E-state index < -0.39 is 0 Å². The quantitative estimate of drug-likeness (QED) is 0.516. The second kappa shape index (κ2) is 10.2. The van der Waals surface area contributed by atoms with E-state index >= 15 is 0 Å². The molecule has 3 aromatic rings. The summed E-state index contributed by atoms with van der Waals surface area (Å²) in [4.78, 5) is 14.8. The van der Waals surface area contributed by atoms with Gasteiger partial charge in [-0.15, -0.1) is 0 Å². The zero-order chi connectivity index (χ0) is 23.5. The Morgan fingerprint density at radius 2 is 1.85 bits per heavy atom. The highest BCUT2D eigenvalue weighted by Gasteiger charge is 2.26. The van der Waals surface area contributed by atoms with Crippen LogP contribution in [-0.4, -0.2) is 63.6 Å². The van der Waals surface area contributed by atoms with E-state index in [2.05, 4.69) is 98.5 Å². The number of piperazine rings is 1. The molecule has 1 unspecified atom stereocenters. The Hall–Kier alpha value is -2.50. The zero-order valence-electron chi connectivity index (χ0n) is 21.2. The number of hydrogen-bond acceptors (Lipinski definition) is 4. The predicted octanol–water partition coefficient (Wildman–Crippen LogP) is 4.94. The topological polar surface area (TPSA) is 37.2 Å². The monoisotopic (exact) mass is 445 g/mol. The van der Waals surface area contributed by atoms with Gasteiger partial charge in [-0.2, -0.15) is 0 Å². The second-order valence-corrected chi connectivity index (χ2v) is 9.93. The number of aryl methyl sites for hydroxylation is 3. The molecule has 0 amide bonds. The van der Waals surface area contributed by atoms with Crippen molar-refractivity contribution in [1.82, 2.24) is 24.3 Å². The van der Waals surface area contributed by atoms with Crippen molar-refractivity contribution in [1.29, 1.82) is 0 Å². The van der Waals surface area contributed by atoms with Gasteiger partial charge in [-0.1, -0.05) is 57.2 Å². The van der Waals surface area contributed by atoms with Crippen molar-refractivity contribution in [2.24, 2.45) is 5.92 Å². The molecular weight excluding hydrogens is 406 g/mol. The average molecular weight is 446 g/mol. The summed E-state index contributed by atoms with van der Waals surface area (Å²) in [6.07, 6.45) is 5.49. The highest BCUT2D eigenvalue weighted by atomic mass is 15.3. The SMILES string of the molecule is CCc1nc2c(C)cc(C)nc2n1Cc1ccc(C=CCN2CCN(C)CC2C(C)C)cc1. The Morgan fingerprint density at radius 3 is 2.55 bits per heavy atom. The van der Waals surface area contributed by atoms with Crippen LogP contribution in [0.4, 0.5) is 0 Å². The van der Waals surface area contributed by atoms with E-state index in [1.807, 2.05) is 0 Å². The van der Waals surface area contributed by atoms with Gasteiger partial charge in [0.05, 0.1) is 6.54 Å². The molecule has 4 rings (SSSR count). The lowest BCUT2D eigenvalue weighted by molar-refractivity contribution is 0.0733. The van der Waals surface area contributed by atoms with Crippen molar-refractivity contribution in [3.63, 3.8) is 0 Å². The third-order valence-electron chi connectivity index (χ3n) is 6.89. The van der Waals surface area contributed by atoms with E-state index in [1.54, 1.807) is 0 Å². The van der Waals surface area contributed by atoms with Crippen molar-refractivity contribution < 1.29 is 0 Å². The summed E-state index contributed by atoms with van der Waals surface area (Å²) >= 11 is 0. The first kappa shape index (κ1) is 23.7. The van der Waals surface area contributed by atoms with Crippen LogP contribution >= 0.6 is 0 Å². The minimum absolute atomic E-state index is 0.634. The van der Waals surface area contributed by atoms with Crippen LogP contribution in [0.1, 0.15) is 49.0 Å². The molecular formula is C28H39N5. The summed E-state index contributed by atoms with van der Waals surface area (Å²) in [7, 11) is 2.23. The molecule has 0 saturated carbocycles. The van der Waals surface area contributed by atoms with Crippen molar-refractivity contribution in [2.45, 2.75) is 53.6 Å². The molecule has 0 spiro atoms. The van der Waals surface area contributed by atoms with E-state index in [0.29, 0.717) is 12.0 Å². The third-order valence-corrected chi connectivity index (χ3v) is 6.89. The van der Waals surface area contributed by atoms with Crippen LogP contribution in [0.5, 0.6) is 0 Å². The number of nitrogens with zero attached hydrogens (tertiary/aromatic N) is 5. The fourth-order valence-corrected chi connectivity index (χ4v) is 4.98. The van der Waals surface area contributed by atoms with E-state index in [1.165, 1.54) is 16.7 Å². The largest absolute Gasteiger partial charge is 0.308 e. The minimum atomic E-state index is 0.634. The predicted molar refractivity (Wildman–Crippen MR) is 139 cm³/mol. The fraction of sp³-hybridized carbons (Fsp3) is 0.500. The minimum Gasteiger partial charge on any atom is -0.308 e. The van der Waals surface area contributed by atoms with Gasteiger partial charge in [0.1, 0.15) is 11.3 Å². The molecule has 1 fully saturated rings.